The van der Waals surface area contributed by atoms with Gasteiger partial charge in [-0.25, -0.2) is 0 Å². The van der Waals surface area contributed by atoms with Gasteiger partial charge in [-0.15, -0.1) is 0 Å². The first-order valence-corrected chi connectivity index (χ1v) is 9.40. The molecule has 0 aliphatic heterocycles. The zero-order valence-electron chi connectivity index (χ0n) is 14.9. The number of carbonyl (C=O) groups is 1. The number of hydrogen-bond acceptors (Lipinski definition) is 2. The maximum atomic E-state index is 12.6. The molecule has 1 amide bonds. The third kappa shape index (κ3) is 2.99. The molecule has 24 heavy (non-hydrogen) atoms. The summed E-state index contributed by atoms with van der Waals surface area (Å²) in [7, 11) is 0. The molecule has 0 radical (unpaired) electrons. The van der Waals surface area contributed by atoms with Crippen molar-refractivity contribution in [3.63, 3.8) is 0 Å². The van der Waals surface area contributed by atoms with Gasteiger partial charge in [0.05, 0.1) is 5.60 Å². The molecular formula is C21H29NO2. The summed E-state index contributed by atoms with van der Waals surface area (Å²) in [5.41, 5.74) is 3.24. The van der Waals surface area contributed by atoms with E-state index in [0.717, 1.165) is 32.1 Å². The van der Waals surface area contributed by atoms with Gasteiger partial charge >= 0.3 is 0 Å². The lowest BCUT2D eigenvalue weighted by atomic mass is 9.47. The molecule has 0 heterocycles. The Kier molecular flexibility index (Phi) is 3.76. The van der Waals surface area contributed by atoms with Gasteiger partial charge in [0.15, 0.2) is 0 Å². The number of hydrogen-bond donors (Lipinski definition) is 2. The van der Waals surface area contributed by atoms with Crippen molar-refractivity contribution in [2.45, 2.75) is 70.9 Å². The smallest absolute Gasteiger partial charge is 0.220 e. The molecule has 4 aliphatic carbocycles. The van der Waals surface area contributed by atoms with Gasteiger partial charge < -0.3 is 10.4 Å². The highest BCUT2D eigenvalue weighted by molar-refractivity contribution is 5.76. The molecule has 1 aromatic rings. The van der Waals surface area contributed by atoms with E-state index in [9.17, 15) is 9.90 Å². The number of amides is 1. The molecule has 2 unspecified atom stereocenters. The Morgan fingerprint density at radius 3 is 2.58 bits per heavy atom. The van der Waals surface area contributed by atoms with Crippen molar-refractivity contribution >= 4 is 5.91 Å². The van der Waals surface area contributed by atoms with Crippen LogP contribution in [-0.4, -0.2) is 16.6 Å². The van der Waals surface area contributed by atoms with Crippen LogP contribution in [0, 0.1) is 31.1 Å². The highest BCUT2D eigenvalue weighted by atomic mass is 16.3. The fourth-order valence-corrected chi connectivity index (χ4v) is 6.20. The van der Waals surface area contributed by atoms with Gasteiger partial charge in [0.25, 0.3) is 0 Å². The maximum Gasteiger partial charge on any atom is 0.220 e. The van der Waals surface area contributed by atoms with Crippen LogP contribution < -0.4 is 5.32 Å². The molecule has 4 saturated carbocycles. The second-order valence-corrected chi connectivity index (χ2v) is 9.07. The van der Waals surface area contributed by atoms with E-state index in [2.05, 4.69) is 37.4 Å². The van der Waals surface area contributed by atoms with Gasteiger partial charge in [0, 0.05) is 13.0 Å². The zero-order valence-corrected chi connectivity index (χ0v) is 14.9. The molecular weight excluding hydrogens is 298 g/mol. The van der Waals surface area contributed by atoms with Crippen molar-refractivity contribution < 1.29 is 9.90 Å². The van der Waals surface area contributed by atoms with E-state index in [1.807, 2.05) is 0 Å². The standard InChI is InChI=1S/C21H29NO2/c1-14-3-4-15(2)18(5-14)12-22-19(23)11-20-7-16-6-17(8-20)10-21(24,9-16)13-20/h3-5,16-17,24H,6-13H2,1-2H3,(H,22,23)/t16-,17+,20?,21?. The minimum Gasteiger partial charge on any atom is -0.390 e. The summed E-state index contributed by atoms with van der Waals surface area (Å²) in [6.07, 6.45) is 6.92. The first-order valence-electron chi connectivity index (χ1n) is 9.40. The Labute approximate surface area is 144 Å². The van der Waals surface area contributed by atoms with E-state index in [4.69, 9.17) is 0 Å². The maximum absolute atomic E-state index is 12.6. The summed E-state index contributed by atoms with van der Waals surface area (Å²) in [6.45, 7) is 4.79. The molecule has 3 heteroatoms. The van der Waals surface area contributed by atoms with Crippen LogP contribution in [0.5, 0.6) is 0 Å². The Morgan fingerprint density at radius 2 is 1.92 bits per heavy atom. The van der Waals surface area contributed by atoms with E-state index in [0.29, 0.717) is 24.8 Å². The van der Waals surface area contributed by atoms with Crippen LogP contribution >= 0.6 is 0 Å². The zero-order chi connectivity index (χ0) is 16.9. The third-order valence-electron chi connectivity index (χ3n) is 6.67. The van der Waals surface area contributed by atoms with Crippen molar-refractivity contribution in [1.29, 1.82) is 0 Å². The van der Waals surface area contributed by atoms with Crippen molar-refractivity contribution in [3.05, 3.63) is 34.9 Å². The molecule has 5 rings (SSSR count). The SMILES string of the molecule is Cc1ccc(C)c(CNC(=O)CC23C[C@@H]4C[C@@H](CC(O)(C4)C2)C3)c1. The van der Waals surface area contributed by atoms with E-state index < -0.39 is 5.60 Å². The Balaban J connectivity index is 1.40. The largest absolute Gasteiger partial charge is 0.390 e. The van der Waals surface area contributed by atoms with Gasteiger partial charge in [0.1, 0.15) is 0 Å². The van der Waals surface area contributed by atoms with E-state index in [1.54, 1.807) is 0 Å². The van der Waals surface area contributed by atoms with Crippen LogP contribution in [0.25, 0.3) is 0 Å². The van der Waals surface area contributed by atoms with Crippen LogP contribution in [-0.2, 0) is 11.3 Å². The average molecular weight is 327 g/mol. The average Bonchev–Trinajstić information content (AvgIpc) is 2.45. The number of nitrogens with one attached hydrogen (secondary N) is 1. The van der Waals surface area contributed by atoms with Crippen molar-refractivity contribution in [2.24, 2.45) is 17.3 Å². The van der Waals surface area contributed by atoms with Gasteiger partial charge in [-0.3, -0.25) is 4.79 Å². The van der Waals surface area contributed by atoms with Gasteiger partial charge in [0.2, 0.25) is 5.91 Å². The quantitative estimate of drug-likeness (QED) is 0.887. The number of carbonyl (C=O) groups excluding carboxylic acids is 1. The Morgan fingerprint density at radius 1 is 1.21 bits per heavy atom. The van der Waals surface area contributed by atoms with Crippen LogP contribution in [0.15, 0.2) is 18.2 Å². The summed E-state index contributed by atoms with van der Waals surface area (Å²) in [4.78, 5) is 12.6. The number of aryl methyl sites for hydroxylation is 2. The number of aliphatic hydroxyl groups is 1. The van der Waals surface area contributed by atoms with Crippen molar-refractivity contribution in [2.75, 3.05) is 0 Å². The molecule has 0 aromatic heterocycles. The second-order valence-electron chi connectivity index (χ2n) is 9.07. The number of rotatable bonds is 4. The van der Waals surface area contributed by atoms with Crippen molar-refractivity contribution in [1.82, 2.24) is 5.32 Å². The van der Waals surface area contributed by atoms with Gasteiger partial charge in [-0.05, 0) is 80.8 Å². The van der Waals surface area contributed by atoms with E-state index in [-0.39, 0.29) is 11.3 Å². The van der Waals surface area contributed by atoms with Crippen LogP contribution in [0.4, 0.5) is 0 Å². The summed E-state index contributed by atoms with van der Waals surface area (Å²) in [6, 6.07) is 6.38. The molecule has 4 atom stereocenters. The monoisotopic (exact) mass is 327 g/mol. The summed E-state index contributed by atoms with van der Waals surface area (Å²) < 4.78 is 0. The molecule has 4 fully saturated rings. The second kappa shape index (κ2) is 5.59. The summed E-state index contributed by atoms with van der Waals surface area (Å²) >= 11 is 0. The van der Waals surface area contributed by atoms with Crippen molar-refractivity contribution in [3.8, 4) is 0 Å². The summed E-state index contributed by atoms with van der Waals surface area (Å²) in [5.74, 6) is 1.44. The fraction of sp³-hybridized carbons (Fsp3) is 0.667. The molecule has 0 spiro atoms. The normalized spacial score (nSPS) is 36.8. The lowest BCUT2D eigenvalue weighted by molar-refractivity contribution is -0.169. The molecule has 130 valence electrons. The van der Waals surface area contributed by atoms with E-state index in [1.165, 1.54) is 23.1 Å². The molecule has 2 N–H and O–H groups in total. The van der Waals surface area contributed by atoms with E-state index >= 15 is 0 Å². The predicted octanol–water partition coefficient (Wildman–Crippen LogP) is 3.64. The summed E-state index contributed by atoms with van der Waals surface area (Å²) in [5, 5.41) is 14.0. The fourth-order valence-electron chi connectivity index (χ4n) is 6.20. The molecule has 1 aromatic carbocycles. The Hall–Kier alpha value is -1.35. The van der Waals surface area contributed by atoms with Crippen LogP contribution in [0.1, 0.15) is 61.6 Å². The first kappa shape index (κ1) is 16.1. The van der Waals surface area contributed by atoms with Crippen LogP contribution in [0.2, 0.25) is 0 Å². The minimum absolute atomic E-state index is 0.0601. The third-order valence-corrected chi connectivity index (χ3v) is 6.67. The van der Waals surface area contributed by atoms with Gasteiger partial charge in [-0.2, -0.15) is 0 Å². The lowest BCUT2D eigenvalue weighted by Crippen LogP contribution is -2.56. The lowest BCUT2D eigenvalue weighted by Gasteiger charge is -2.60. The molecule has 0 saturated heterocycles. The first-order chi connectivity index (χ1) is 11.3. The highest BCUT2D eigenvalue weighted by Gasteiger charge is 2.57. The molecule has 3 nitrogen and oxygen atoms in total. The minimum atomic E-state index is -0.475. The topological polar surface area (TPSA) is 49.3 Å². The Bertz CT molecular complexity index is 652. The highest BCUT2D eigenvalue weighted by Crippen LogP contribution is 2.62. The van der Waals surface area contributed by atoms with Crippen LogP contribution in [0.3, 0.4) is 0 Å². The number of benzene rings is 1. The van der Waals surface area contributed by atoms with Gasteiger partial charge in [-0.1, -0.05) is 23.8 Å². The molecule has 4 bridgehead atoms. The predicted molar refractivity (Wildman–Crippen MR) is 94.4 cm³/mol. The molecule has 4 aliphatic rings.